The van der Waals surface area contributed by atoms with Gasteiger partial charge in [-0.3, -0.25) is 0 Å². The van der Waals surface area contributed by atoms with Crippen LogP contribution in [0.15, 0.2) is 24.0 Å². The van der Waals surface area contributed by atoms with Gasteiger partial charge < -0.3 is 19.3 Å². The van der Waals surface area contributed by atoms with Crippen molar-refractivity contribution < 1.29 is 28.9 Å². The van der Waals surface area contributed by atoms with Gasteiger partial charge in [0.15, 0.2) is 0 Å². The molecule has 0 bridgehead atoms. The molecule has 1 N–H and O–H groups in total. The molecule has 0 aromatic carbocycles. The summed E-state index contributed by atoms with van der Waals surface area (Å²) in [5, 5.41) is 10.1. The van der Waals surface area contributed by atoms with Gasteiger partial charge in [-0.25, -0.2) is 9.59 Å². The number of allylic oxidation sites excluding steroid dienone is 1. The monoisotopic (exact) mass is 282 g/mol. The third kappa shape index (κ3) is 3.39. The summed E-state index contributed by atoms with van der Waals surface area (Å²) in [6.07, 6.45) is 2.50. The molecule has 110 valence electrons. The van der Waals surface area contributed by atoms with Crippen LogP contribution in [0.3, 0.4) is 0 Å². The Morgan fingerprint density at radius 2 is 2.30 bits per heavy atom. The molecular formula is C14H18O6. The van der Waals surface area contributed by atoms with Crippen LogP contribution in [0.1, 0.15) is 20.3 Å². The summed E-state index contributed by atoms with van der Waals surface area (Å²) in [4.78, 5) is 23.1. The first-order chi connectivity index (χ1) is 9.52. The first-order valence-corrected chi connectivity index (χ1v) is 6.57. The van der Waals surface area contributed by atoms with E-state index in [1.165, 1.54) is 6.08 Å². The minimum atomic E-state index is -0.867. The van der Waals surface area contributed by atoms with E-state index >= 15 is 0 Å². The number of cyclic esters (lactones) is 1. The summed E-state index contributed by atoms with van der Waals surface area (Å²) in [7, 11) is 0. The second-order valence-electron chi connectivity index (χ2n) is 4.92. The molecule has 1 saturated heterocycles. The summed E-state index contributed by atoms with van der Waals surface area (Å²) in [5.41, 5.74) is 0. The number of hydrogen-bond donors (Lipinski definition) is 1. The van der Waals surface area contributed by atoms with E-state index < -0.39 is 30.3 Å². The van der Waals surface area contributed by atoms with Gasteiger partial charge in [0.25, 0.3) is 6.10 Å². The van der Waals surface area contributed by atoms with E-state index in [1.807, 2.05) is 0 Å². The second-order valence-corrected chi connectivity index (χ2v) is 4.92. The molecule has 0 aromatic rings. The highest BCUT2D eigenvalue weighted by molar-refractivity contribution is 5.82. The standard InChI is InChI=1S/C14H18O6/c1-3-4-11(16)20-12-8(2)7-18-14(17)13-10(19-13)6-5-9(12)15/h3-4,6,8-9,12-13,15H,5,7H2,1-2H3/b4-3+,10-6?/t8-,9-,12+,13?/m0/s1. The number of fused-ring (bicyclic) bond motifs is 1. The molecule has 0 aliphatic carbocycles. The highest BCUT2D eigenvalue weighted by Gasteiger charge is 2.43. The summed E-state index contributed by atoms with van der Waals surface area (Å²) < 4.78 is 15.4. The van der Waals surface area contributed by atoms with Crippen molar-refractivity contribution in [2.24, 2.45) is 5.92 Å². The first-order valence-electron chi connectivity index (χ1n) is 6.57. The molecule has 1 unspecified atom stereocenters. The molecule has 0 amide bonds. The molecule has 0 saturated carbocycles. The molecule has 0 aromatic heterocycles. The lowest BCUT2D eigenvalue weighted by atomic mass is 9.97. The van der Waals surface area contributed by atoms with E-state index in [4.69, 9.17) is 14.2 Å². The number of ether oxygens (including phenoxy) is 3. The average Bonchev–Trinajstić information content (AvgIpc) is 3.18. The maximum atomic E-state index is 11.6. The van der Waals surface area contributed by atoms with E-state index in [1.54, 1.807) is 26.0 Å². The van der Waals surface area contributed by atoms with Crippen LogP contribution in [0.5, 0.6) is 0 Å². The van der Waals surface area contributed by atoms with E-state index in [-0.39, 0.29) is 18.9 Å². The average molecular weight is 282 g/mol. The number of rotatable bonds is 2. The number of epoxide rings is 1. The molecule has 6 nitrogen and oxygen atoms in total. The van der Waals surface area contributed by atoms with E-state index in [9.17, 15) is 14.7 Å². The molecule has 2 heterocycles. The Morgan fingerprint density at radius 1 is 1.55 bits per heavy atom. The van der Waals surface area contributed by atoms with Crippen molar-refractivity contribution in [2.75, 3.05) is 6.61 Å². The zero-order valence-corrected chi connectivity index (χ0v) is 11.4. The Bertz CT molecular complexity index is 453. The van der Waals surface area contributed by atoms with Crippen LogP contribution in [0, 0.1) is 5.92 Å². The SMILES string of the molecule is C/C=C/C(=O)O[C@@H]1[C@@H](C)COC(=O)C2OC2=CC[C@@H]1O. The van der Waals surface area contributed by atoms with Gasteiger partial charge in [0.1, 0.15) is 11.9 Å². The highest BCUT2D eigenvalue weighted by atomic mass is 16.6. The van der Waals surface area contributed by atoms with Gasteiger partial charge >= 0.3 is 11.9 Å². The number of hydrogen-bond acceptors (Lipinski definition) is 6. The highest BCUT2D eigenvalue weighted by Crippen LogP contribution is 2.31. The molecule has 6 heteroatoms. The predicted octanol–water partition coefficient (Wildman–Crippen LogP) is 0.701. The number of esters is 2. The number of carbonyl (C=O) groups excluding carboxylic acids is 2. The molecule has 2 aliphatic rings. The molecule has 2 aliphatic heterocycles. The summed E-state index contributed by atoms with van der Waals surface area (Å²) >= 11 is 0. The lowest BCUT2D eigenvalue weighted by Gasteiger charge is -2.27. The van der Waals surface area contributed by atoms with Crippen molar-refractivity contribution in [2.45, 2.75) is 38.6 Å². The molecule has 4 atom stereocenters. The summed E-state index contributed by atoms with van der Waals surface area (Å²) in [5.74, 6) is -0.781. The Hall–Kier alpha value is -1.82. The van der Waals surface area contributed by atoms with Gasteiger partial charge in [-0.1, -0.05) is 13.0 Å². The Labute approximate surface area is 117 Å². The topological polar surface area (TPSA) is 85.4 Å². The quantitative estimate of drug-likeness (QED) is 0.456. The van der Waals surface area contributed by atoms with Gasteiger partial charge in [-0.15, -0.1) is 0 Å². The zero-order chi connectivity index (χ0) is 14.7. The van der Waals surface area contributed by atoms with Crippen LogP contribution in [0.4, 0.5) is 0 Å². The molecule has 0 radical (unpaired) electrons. The predicted molar refractivity (Wildman–Crippen MR) is 68.4 cm³/mol. The number of aliphatic hydroxyl groups excluding tert-OH is 1. The van der Waals surface area contributed by atoms with Crippen LogP contribution in [-0.2, 0) is 23.8 Å². The Morgan fingerprint density at radius 3 is 3.00 bits per heavy atom. The van der Waals surface area contributed by atoms with E-state index in [2.05, 4.69) is 0 Å². The van der Waals surface area contributed by atoms with Crippen LogP contribution in [0.2, 0.25) is 0 Å². The third-order valence-electron chi connectivity index (χ3n) is 3.21. The molecule has 0 spiro atoms. The maximum absolute atomic E-state index is 11.6. The van der Waals surface area contributed by atoms with Crippen molar-refractivity contribution in [3.8, 4) is 0 Å². The minimum Gasteiger partial charge on any atom is -0.471 e. The first kappa shape index (κ1) is 14.6. The van der Waals surface area contributed by atoms with Crippen molar-refractivity contribution in [3.63, 3.8) is 0 Å². The van der Waals surface area contributed by atoms with Crippen LogP contribution in [0.25, 0.3) is 0 Å². The van der Waals surface area contributed by atoms with E-state index in [0.717, 1.165) is 0 Å². The molecule has 1 fully saturated rings. The van der Waals surface area contributed by atoms with Crippen molar-refractivity contribution in [1.82, 2.24) is 0 Å². The Kier molecular flexibility index (Phi) is 4.44. The van der Waals surface area contributed by atoms with Crippen LogP contribution in [-0.4, -0.2) is 42.0 Å². The van der Waals surface area contributed by atoms with Crippen molar-refractivity contribution in [1.29, 1.82) is 0 Å². The molecular weight excluding hydrogens is 264 g/mol. The van der Waals surface area contributed by atoms with E-state index in [0.29, 0.717) is 5.76 Å². The lowest BCUT2D eigenvalue weighted by Crippen LogP contribution is -2.39. The summed E-state index contributed by atoms with van der Waals surface area (Å²) in [6.45, 7) is 3.52. The maximum Gasteiger partial charge on any atom is 0.355 e. The lowest BCUT2D eigenvalue weighted by molar-refractivity contribution is -0.158. The smallest absolute Gasteiger partial charge is 0.355 e. The van der Waals surface area contributed by atoms with Crippen molar-refractivity contribution in [3.05, 3.63) is 24.0 Å². The fourth-order valence-electron chi connectivity index (χ4n) is 2.06. The summed E-state index contributed by atoms with van der Waals surface area (Å²) in [6, 6.07) is 0. The number of carbonyl (C=O) groups is 2. The van der Waals surface area contributed by atoms with Gasteiger partial charge in [-0.05, 0) is 19.4 Å². The van der Waals surface area contributed by atoms with Crippen molar-refractivity contribution >= 4 is 11.9 Å². The normalized spacial score (nSPS) is 33.5. The van der Waals surface area contributed by atoms with Gasteiger partial charge in [0.05, 0.1) is 12.7 Å². The zero-order valence-electron chi connectivity index (χ0n) is 11.4. The number of aliphatic hydroxyl groups is 1. The molecule has 2 rings (SSSR count). The third-order valence-corrected chi connectivity index (χ3v) is 3.21. The van der Waals surface area contributed by atoms with Crippen LogP contribution < -0.4 is 0 Å². The van der Waals surface area contributed by atoms with Gasteiger partial charge in [0, 0.05) is 12.0 Å². The molecule has 20 heavy (non-hydrogen) atoms. The second kappa shape index (κ2) is 6.09. The van der Waals surface area contributed by atoms with Gasteiger partial charge in [-0.2, -0.15) is 0 Å². The largest absolute Gasteiger partial charge is 0.471 e. The Balaban J connectivity index is 2.09. The fourth-order valence-corrected chi connectivity index (χ4v) is 2.06. The minimum absolute atomic E-state index is 0.0663. The fraction of sp³-hybridized carbons (Fsp3) is 0.571. The van der Waals surface area contributed by atoms with Gasteiger partial charge in [0.2, 0.25) is 0 Å². The van der Waals surface area contributed by atoms with Crippen LogP contribution >= 0.6 is 0 Å².